The van der Waals surface area contributed by atoms with Crippen molar-refractivity contribution in [3.63, 3.8) is 0 Å². The molecule has 0 spiro atoms. The summed E-state index contributed by atoms with van der Waals surface area (Å²) in [5.41, 5.74) is 18.5. The first-order valence-electron chi connectivity index (χ1n) is 29.2. The molecule has 8 unspecified atom stereocenters. The average molecular weight is 1300 g/mol. The van der Waals surface area contributed by atoms with Crippen molar-refractivity contribution in [2.45, 2.75) is 133 Å². The number of phenols is 1. The van der Waals surface area contributed by atoms with Gasteiger partial charge < -0.3 is 95.2 Å². The van der Waals surface area contributed by atoms with Gasteiger partial charge in [0.25, 0.3) is 0 Å². The number of hydrogen-bond acceptors (Lipinski definition) is 15. The van der Waals surface area contributed by atoms with E-state index in [1.54, 1.807) is 62.8 Å². The van der Waals surface area contributed by atoms with Crippen LogP contribution in [-0.4, -0.2) is 194 Å². The number of fused-ring (bicyclic) bond motifs is 1. The largest absolute Gasteiger partial charge is 0.508 e. The van der Waals surface area contributed by atoms with Crippen LogP contribution in [0.15, 0.2) is 78.2 Å². The number of primary amides is 1. The molecule has 0 radical (unpaired) electrons. The number of alkyl halides is 3. The number of carbonyl (C=O) groups excluding carboxylic acids is 11. The summed E-state index contributed by atoms with van der Waals surface area (Å²) in [5.74, 6) is -11.5. The third-order valence-corrected chi connectivity index (χ3v) is 14.5. The van der Waals surface area contributed by atoms with Crippen LogP contribution in [0.2, 0.25) is 0 Å². The lowest BCUT2D eigenvalue weighted by molar-refractivity contribution is -0.192. The van der Waals surface area contributed by atoms with E-state index in [9.17, 15) is 76.1 Å². The van der Waals surface area contributed by atoms with E-state index in [4.69, 9.17) is 27.1 Å². The number of halogens is 3. The Morgan fingerprint density at radius 2 is 1.32 bits per heavy atom. The first kappa shape index (κ1) is 72.5. The maximum atomic E-state index is 14.5. The van der Waals surface area contributed by atoms with Gasteiger partial charge in [0.2, 0.25) is 65.0 Å². The number of aliphatic hydroxyl groups excluding tert-OH is 1. The molecule has 4 heterocycles. The normalized spacial score (nSPS) is 16.3. The van der Waals surface area contributed by atoms with Crippen LogP contribution in [0, 0.1) is 5.92 Å². The standard InChI is InChI=1S/C56H76N16O13.C2HF3O2/c1-30(2)21-39(50(80)67-38(9-5-18-61-56(58)59)55(85)72-20-6-10-44(72)54(84)63-27-45(57)75)66-47(77)28-64-48(78)40(22-31-11-13-34(74)14-12-31)68-53(83)43(29-73)71-52(82)42(24-33-26-62-36-8-4-3-7-35(33)36)70-51(81)41(23-32-17-19-60-25-32)69-49(79)37-15-16-46(76)65-37;3-2(4,5)1(6)7/h3-4,7-8,11-14,17,19,25-26,30,37-44,60,62,73-74H,5-6,9-10,15-16,18,20-24,27-29H2,1-2H3,(H2,57,75)(H,63,84)(H,64,78)(H,65,76)(H,66,77)(H,67,80)(H,68,83)(H,69,79)(H,70,81)(H,71,82)(H4,58,59,61);(H,6,7). The van der Waals surface area contributed by atoms with Crippen LogP contribution >= 0.6 is 0 Å². The van der Waals surface area contributed by atoms with Gasteiger partial charge in [-0.05, 0) is 85.4 Å². The number of nitrogens with zero attached hydrogens (tertiary/aromatic N) is 2. The minimum absolute atomic E-state index is 0.0174. The van der Waals surface area contributed by atoms with Gasteiger partial charge in [0, 0.05) is 68.3 Å². The molecule has 8 atom stereocenters. The van der Waals surface area contributed by atoms with Crippen molar-refractivity contribution in [1.29, 1.82) is 0 Å². The highest BCUT2D eigenvalue weighted by molar-refractivity contribution is 5.99. The number of guanidine groups is 1. The summed E-state index contributed by atoms with van der Waals surface area (Å²) in [6, 6.07) is 4.21. The molecule has 2 saturated heterocycles. The molecule has 2 aromatic heterocycles. The highest BCUT2D eigenvalue weighted by Gasteiger charge is 2.40. The number of hydrogen-bond donors (Lipinski definition) is 17. The minimum atomic E-state index is -5.08. The molecule has 0 bridgehead atoms. The second-order valence-corrected chi connectivity index (χ2v) is 22.1. The van der Waals surface area contributed by atoms with Crippen molar-refractivity contribution in [3.8, 4) is 5.75 Å². The number of carbonyl (C=O) groups is 12. The lowest BCUT2D eigenvalue weighted by Gasteiger charge is -2.30. The quantitative estimate of drug-likeness (QED) is 0.0134. The van der Waals surface area contributed by atoms with E-state index in [2.05, 4.69) is 62.8 Å². The molecule has 0 aliphatic carbocycles. The molecule has 31 nitrogen and oxygen atoms in total. The third-order valence-electron chi connectivity index (χ3n) is 14.5. The number of amides is 11. The number of para-hydroxylation sites is 1. The SMILES string of the molecule is CC(C)CC(NC(=O)CNC(=O)C(Cc1ccc(O)cc1)NC(=O)C(CO)NC(=O)C(Cc1c[nH]c2ccccc12)NC(=O)C(Cc1cc[nH]c1)NC(=O)C1CCC(=O)N1)C(=O)NC(CCCN=C(N)N)C(=O)N1CCCC1C(=O)NCC(N)=O.O=C(O)C(F)(F)F. The number of aromatic amines is 2. The van der Waals surface area contributed by atoms with Gasteiger partial charge in [-0.3, -0.25) is 57.7 Å². The number of carboxylic acids is 1. The fourth-order valence-corrected chi connectivity index (χ4v) is 9.90. The molecule has 500 valence electrons. The van der Waals surface area contributed by atoms with Gasteiger partial charge in [-0.15, -0.1) is 0 Å². The summed E-state index contributed by atoms with van der Waals surface area (Å²) in [6.07, 6.45) is 0.739. The molecular weight excluding hydrogens is 1220 g/mol. The summed E-state index contributed by atoms with van der Waals surface area (Å²) in [6.45, 7) is 1.64. The summed E-state index contributed by atoms with van der Waals surface area (Å²) < 4.78 is 31.7. The number of nitrogens with one attached hydrogen (secondary N) is 11. The number of benzene rings is 2. The zero-order valence-corrected chi connectivity index (χ0v) is 50.2. The molecule has 2 aromatic carbocycles. The summed E-state index contributed by atoms with van der Waals surface area (Å²) in [4.78, 5) is 169. The van der Waals surface area contributed by atoms with E-state index in [1.165, 1.54) is 29.2 Å². The monoisotopic (exact) mass is 1290 g/mol. The number of aromatic nitrogens is 2. The molecule has 92 heavy (non-hydrogen) atoms. The van der Waals surface area contributed by atoms with Crippen LogP contribution in [0.3, 0.4) is 0 Å². The number of aliphatic carboxylic acids is 1. The Morgan fingerprint density at radius 1 is 0.707 bits per heavy atom. The van der Waals surface area contributed by atoms with Crippen molar-refractivity contribution >= 4 is 87.8 Å². The maximum absolute atomic E-state index is 14.5. The van der Waals surface area contributed by atoms with Gasteiger partial charge in [0.1, 0.15) is 54.1 Å². The fraction of sp³-hybridized carbons (Fsp3) is 0.466. The van der Waals surface area contributed by atoms with Crippen LogP contribution < -0.4 is 65.1 Å². The Kier molecular flexibility index (Phi) is 27.3. The molecule has 2 aliphatic rings. The Bertz CT molecular complexity index is 3280. The van der Waals surface area contributed by atoms with E-state index in [0.717, 1.165) is 5.52 Å². The molecule has 4 aromatic rings. The van der Waals surface area contributed by atoms with E-state index in [1.807, 2.05) is 0 Å². The molecule has 20 N–H and O–H groups in total. The van der Waals surface area contributed by atoms with Crippen molar-refractivity contribution in [2.75, 3.05) is 32.8 Å². The van der Waals surface area contributed by atoms with Crippen LogP contribution in [0.4, 0.5) is 13.2 Å². The van der Waals surface area contributed by atoms with Gasteiger partial charge in [0.05, 0.1) is 19.7 Å². The zero-order chi connectivity index (χ0) is 67.8. The smallest absolute Gasteiger partial charge is 0.490 e. The van der Waals surface area contributed by atoms with Crippen LogP contribution in [0.5, 0.6) is 5.75 Å². The van der Waals surface area contributed by atoms with Gasteiger partial charge in [0.15, 0.2) is 5.96 Å². The predicted molar refractivity (Wildman–Crippen MR) is 321 cm³/mol. The number of likely N-dealkylation sites (tertiary alicyclic amines) is 1. The number of aromatic hydroxyl groups is 1. The topological polar surface area (TPSA) is 499 Å². The highest BCUT2D eigenvalue weighted by atomic mass is 19.4. The number of aliphatic imine (C=N–C) groups is 1. The highest BCUT2D eigenvalue weighted by Crippen LogP contribution is 2.22. The second-order valence-electron chi connectivity index (χ2n) is 22.1. The number of phenolic OH excluding ortho intramolecular Hbond substituents is 1. The van der Waals surface area contributed by atoms with Crippen molar-refractivity contribution in [1.82, 2.24) is 62.7 Å². The number of H-pyrrole nitrogens is 2. The molecule has 0 saturated carbocycles. The lowest BCUT2D eigenvalue weighted by Crippen LogP contribution is -2.60. The van der Waals surface area contributed by atoms with E-state index < -0.39 is 139 Å². The summed E-state index contributed by atoms with van der Waals surface area (Å²) in [5, 5.41) is 51.7. The van der Waals surface area contributed by atoms with Crippen molar-refractivity contribution in [3.05, 3.63) is 89.9 Å². The molecule has 34 heteroatoms. The number of aliphatic hydroxyl groups is 1. The van der Waals surface area contributed by atoms with Gasteiger partial charge >= 0.3 is 12.1 Å². The molecule has 2 fully saturated rings. The molecular formula is C58H77F3N16O15. The number of carboxylic acid groups (broad SMARTS) is 1. The third kappa shape index (κ3) is 22.9. The Balaban J connectivity index is 0.00000207. The van der Waals surface area contributed by atoms with Crippen LogP contribution in [0.1, 0.15) is 75.5 Å². The maximum Gasteiger partial charge on any atom is 0.490 e. The molecule has 6 rings (SSSR count). The van der Waals surface area contributed by atoms with Crippen LogP contribution in [0.25, 0.3) is 10.9 Å². The first-order valence-corrected chi connectivity index (χ1v) is 29.2. The minimum Gasteiger partial charge on any atom is -0.508 e. The van der Waals surface area contributed by atoms with E-state index in [0.29, 0.717) is 28.5 Å². The van der Waals surface area contributed by atoms with Gasteiger partial charge in [-0.25, -0.2) is 4.79 Å². The molecule has 2 aliphatic heterocycles. The second kappa shape index (κ2) is 34.6. The lowest BCUT2D eigenvalue weighted by atomic mass is 10.0. The average Bonchev–Trinajstić information content (AvgIpc) is 2.48. The van der Waals surface area contributed by atoms with Crippen molar-refractivity contribution in [2.24, 2.45) is 28.1 Å². The van der Waals surface area contributed by atoms with Crippen molar-refractivity contribution < 1.29 is 86.0 Å². The predicted octanol–water partition coefficient (Wildman–Crippen LogP) is -3.15. The summed E-state index contributed by atoms with van der Waals surface area (Å²) >= 11 is 0. The van der Waals surface area contributed by atoms with E-state index >= 15 is 0 Å². The zero-order valence-electron chi connectivity index (χ0n) is 50.2. The first-order chi connectivity index (χ1) is 43.5. The summed E-state index contributed by atoms with van der Waals surface area (Å²) in [7, 11) is 0. The fourth-order valence-electron chi connectivity index (χ4n) is 9.90. The Labute approximate surface area is 524 Å². The Morgan fingerprint density at radius 3 is 1.91 bits per heavy atom. The van der Waals surface area contributed by atoms with Gasteiger partial charge in [-0.1, -0.05) is 44.2 Å². The van der Waals surface area contributed by atoms with Gasteiger partial charge in [-0.2, -0.15) is 13.2 Å². The van der Waals surface area contributed by atoms with E-state index in [-0.39, 0.29) is 94.4 Å². The number of nitrogens with two attached hydrogens (primary N) is 3. The number of rotatable bonds is 31. The Hall–Kier alpha value is -10.3. The molecule has 11 amide bonds. The van der Waals surface area contributed by atoms with Crippen LogP contribution in [-0.2, 0) is 76.8 Å².